The van der Waals surface area contributed by atoms with Gasteiger partial charge in [-0.25, -0.2) is 0 Å². The third kappa shape index (κ3) is 16.8. The lowest BCUT2D eigenvalue weighted by atomic mass is 9.97. The standard InChI is InChI=1S/C63H79IO9Si2/c1-47(39-48(2)61(49(3)40-64)73-75(56-21-15-12-16-22-56,57-23-17-13-18-24-57)58-25-19-14-20-26-58)41-69-59(45-68-42-50-27-33-53(65-7)34-28-50)62(71-44-52-31-37-55(67-9)38-32-52)60(46-72-74(10,11)63(4,5)6)70-43-51-29-35-54(66-8)36-30-51/h12-40,48,59-62H,41-46H2,1-11H3/b47-39+,49-40+/t48-,59-,60-,61-,62-/m1/s1. The van der Waals surface area contributed by atoms with Crippen molar-refractivity contribution >= 4 is 54.8 Å². The molecule has 0 aliphatic carbocycles. The van der Waals surface area contributed by atoms with Crippen LogP contribution in [0.3, 0.4) is 0 Å². The molecule has 0 saturated carbocycles. The Morgan fingerprint density at radius 3 is 1.37 bits per heavy atom. The van der Waals surface area contributed by atoms with Gasteiger partial charge in [0.05, 0.1) is 67.1 Å². The van der Waals surface area contributed by atoms with Crippen LogP contribution in [0.15, 0.2) is 185 Å². The third-order valence-electron chi connectivity index (χ3n) is 14.1. The van der Waals surface area contributed by atoms with Gasteiger partial charge in [0.25, 0.3) is 8.32 Å². The predicted molar refractivity (Wildman–Crippen MR) is 318 cm³/mol. The molecule has 5 atom stereocenters. The van der Waals surface area contributed by atoms with E-state index in [1.807, 2.05) is 72.8 Å². The maximum absolute atomic E-state index is 7.85. The second kappa shape index (κ2) is 29.0. The summed E-state index contributed by atoms with van der Waals surface area (Å²) in [6, 6.07) is 56.1. The van der Waals surface area contributed by atoms with Crippen molar-refractivity contribution < 1.29 is 42.0 Å². The fraction of sp³-hybridized carbons (Fsp3) is 0.365. The van der Waals surface area contributed by atoms with E-state index >= 15 is 0 Å². The first kappa shape index (κ1) is 59.4. The van der Waals surface area contributed by atoms with Crippen molar-refractivity contribution in [1.29, 1.82) is 0 Å². The van der Waals surface area contributed by atoms with Crippen LogP contribution in [0.2, 0.25) is 18.1 Å². The van der Waals surface area contributed by atoms with Crippen LogP contribution in [0.1, 0.15) is 58.2 Å². The van der Waals surface area contributed by atoms with Gasteiger partial charge in [-0.05, 0) is 110 Å². The van der Waals surface area contributed by atoms with E-state index in [1.165, 1.54) is 15.6 Å². The van der Waals surface area contributed by atoms with Crippen molar-refractivity contribution in [3.8, 4) is 17.2 Å². The zero-order valence-electron chi connectivity index (χ0n) is 45.9. The quantitative estimate of drug-likeness (QED) is 0.0197. The van der Waals surface area contributed by atoms with E-state index in [9.17, 15) is 0 Å². The third-order valence-corrected chi connectivity index (χ3v) is 23.6. The van der Waals surface area contributed by atoms with Gasteiger partial charge in [0, 0.05) is 5.92 Å². The van der Waals surface area contributed by atoms with Crippen LogP contribution in [0, 0.1) is 5.92 Å². The lowest BCUT2D eigenvalue weighted by Gasteiger charge is -2.39. The Morgan fingerprint density at radius 2 is 0.960 bits per heavy atom. The molecule has 0 spiro atoms. The minimum atomic E-state index is -3.09. The van der Waals surface area contributed by atoms with Crippen LogP contribution < -0.4 is 29.8 Å². The molecule has 12 heteroatoms. The Balaban J connectivity index is 1.38. The van der Waals surface area contributed by atoms with E-state index < -0.39 is 34.9 Å². The highest BCUT2D eigenvalue weighted by Gasteiger charge is 2.45. The van der Waals surface area contributed by atoms with Crippen LogP contribution in [0.25, 0.3) is 0 Å². The Bertz CT molecular complexity index is 2550. The van der Waals surface area contributed by atoms with Crippen LogP contribution in [0.4, 0.5) is 0 Å². The molecular weight excluding hydrogens is 1080 g/mol. The Morgan fingerprint density at radius 1 is 0.547 bits per heavy atom. The molecule has 75 heavy (non-hydrogen) atoms. The molecule has 9 nitrogen and oxygen atoms in total. The normalized spacial score (nSPS) is 14.7. The second-order valence-corrected chi connectivity index (χ2v) is 29.4. The maximum Gasteiger partial charge on any atom is 0.288 e. The summed E-state index contributed by atoms with van der Waals surface area (Å²) in [6.45, 7) is 19.6. The Labute approximate surface area is 463 Å². The molecule has 6 aromatic carbocycles. The number of hydrogen-bond acceptors (Lipinski definition) is 9. The van der Waals surface area contributed by atoms with E-state index in [1.54, 1.807) is 21.3 Å². The van der Waals surface area contributed by atoms with Gasteiger partial charge in [-0.1, -0.05) is 189 Å². The van der Waals surface area contributed by atoms with Crippen LogP contribution in [0.5, 0.6) is 17.2 Å². The van der Waals surface area contributed by atoms with Crippen molar-refractivity contribution in [3.05, 3.63) is 202 Å². The smallest absolute Gasteiger partial charge is 0.288 e. The summed E-state index contributed by atoms with van der Waals surface area (Å²) < 4.78 is 61.3. The number of rotatable bonds is 29. The molecule has 6 aromatic rings. The summed E-state index contributed by atoms with van der Waals surface area (Å²) in [5, 5.41) is 3.51. The predicted octanol–water partition coefficient (Wildman–Crippen LogP) is 12.8. The van der Waals surface area contributed by atoms with E-state index in [2.05, 4.69) is 178 Å². The molecule has 0 radical (unpaired) electrons. The molecular formula is C63H79IO9Si2. The summed E-state index contributed by atoms with van der Waals surface area (Å²) in [5.41, 5.74) is 5.17. The lowest BCUT2D eigenvalue weighted by Crippen LogP contribution is -2.70. The molecule has 0 N–H and O–H groups in total. The zero-order valence-corrected chi connectivity index (χ0v) is 50.1. The molecule has 0 fully saturated rings. The van der Waals surface area contributed by atoms with Gasteiger partial charge in [0.15, 0.2) is 8.32 Å². The molecule has 0 bridgehead atoms. The van der Waals surface area contributed by atoms with Crippen molar-refractivity contribution in [2.45, 2.75) is 104 Å². The maximum atomic E-state index is 7.85. The van der Waals surface area contributed by atoms with Gasteiger partial charge in [0.2, 0.25) is 0 Å². The summed E-state index contributed by atoms with van der Waals surface area (Å²) in [6.07, 6.45) is 0.247. The highest BCUT2D eigenvalue weighted by Crippen LogP contribution is 2.37. The minimum Gasteiger partial charge on any atom is -0.497 e. The summed E-state index contributed by atoms with van der Waals surface area (Å²) in [4.78, 5) is 0. The fourth-order valence-electron chi connectivity index (χ4n) is 8.70. The van der Waals surface area contributed by atoms with Crippen molar-refractivity contribution in [3.63, 3.8) is 0 Å². The molecule has 0 amide bonds. The average Bonchev–Trinajstić information content (AvgIpc) is 3.44. The second-order valence-electron chi connectivity index (χ2n) is 20.6. The molecule has 0 saturated heterocycles. The number of benzene rings is 6. The highest BCUT2D eigenvalue weighted by molar-refractivity contribution is 14.1. The van der Waals surface area contributed by atoms with E-state index in [0.717, 1.165) is 45.1 Å². The molecule has 6 rings (SSSR count). The first-order valence-corrected chi connectivity index (χ1v) is 31.9. The van der Waals surface area contributed by atoms with Gasteiger partial charge in [-0.15, -0.1) is 0 Å². The van der Waals surface area contributed by atoms with Gasteiger partial charge in [0.1, 0.15) is 35.6 Å². The molecule has 0 aromatic heterocycles. The van der Waals surface area contributed by atoms with E-state index in [4.69, 9.17) is 42.0 Å². The molecule has 0 aliphatic rings. The lowest BCUT2D eigenvalue weighted by molar-refractivity contribution is -0.169. The average molecular weight is 1160 g/mol. The van der Waals surface area contributed by atoms with Gasteiger partial charge < -0.3 is 42.0 Å². The Hall–Kier alpha value is -4.88. The van der Waals surface area contributed by atoms with Crippen LogP contribution >= 0.6 is 22.6 Å². The summed E-state index contributed by atoms with van der Waals surface area (Å²) in [5.74, 6) is 2.29. The van der Waals surface area contributed by atoms with Crippen LogP contribution in [-0.2, 0) is 47.6 Å². The van der Waals surface area contributed by atoms with E-state index in [-0.39, 0.29) is 30.3 Å². The number of ether oxygens (including phenoxy) is 7. The monoisotopic (exact) mass is 1160 g/mol. The van der Waals surface area contributed by atoms with Crippen molar-refractivity contribution in [2.75, 3.05) is 41.2 Å². The molecule has 400 valence electrons. The van der Waals surface area contributed by atoms with Gasteiger partial charge in [-0.2, -0.15) is 0 Å². The Kier molecular flexibility index (Phi) is 23.0. The van der Waals surface area contributed by atoms with E-state index in [0.29, 0.717) is 26.4 Å². The van der Waals surface area contributed by atoms with Gasteiger partial charge >= 0.3 is 0 Å². The fourth-order valence-corrected chi connectivity index (χ4v) is 14.2. The first-order valence-electron chi connectivity index (χ1n) is 25.8. The van der Waals surface area contributed by atoms with Crippen molar-refractivity contribution in [1.82, 2.24) is 0 Å². The molecule has 0 heterocycles. The van der Waals surface area contributed by atoms with Crippen molar-refractivity contribution in [2.24, 2.45) is 5.92 Å². The summed E-state index contributed by atoms with van der Waals surface area (Å²) >= 11 is 2.36. The number of hydrogen-bond donors (Lipinski definition) is 0. The number of halogens is 1. The molecule has 0 unspecified atom stereocenters. The SMILES string of the molecule is COc1ccc(COC[C@@H](OC/C(C)=C/[C@@H](C)[C@@H](O[Si](c2ccccc2)(c2ccccc2)c2ccccc2)/C(C)=C/I)[C@@H](OCc2ccc(OC)cc2)[C@@H](CO[Si](C)(C)C(C)(C)C)OCc2ccc(OC)cc2)cc1. The minimum absolute atomic E-state index is 0.0409. The topological polar surface area (TPSA) is 83.1 Å². The number of methoxy groups -OCH3 is 3. The highest BCUT2D eigenvalue weighted by atomic mass is 127. The van der Waals surface area contributed by atoms with Gasteiger partial charge in [-0.3, -0.25) is 0 Å². The molecule has 0 aliphatic heterocycles. The summed E-state index contributed by atoms with van der Waals surface area (Å²) in [7, 11) is -0.353. The zero-order chi connectivity index (χ0) is 53.9. The van der Waals surface area contributed by atoms with Crippen LogP contribution in [-0.4, -0.2) is 82.2 Å². The first-order chi connectivity index (χ1) is 36.1. The largest absolute Gasteiger partial charge is 0.497 e.